The van der Waals surface area contributed by atoms with E-state index in [2.05, 4.69) is 11.2 Å². The van der Waals surface area contributed by atoms with Gasteiger partial charge in [-0.1, -0.05) is 59.6 Å². The van der Waals surface area contributed by atoms with Crippen LogP contribution in [0.15, 0.2) is 48.5 Å². The van der Waals surface area contributed by atoms with Crippen molar-refractivity contribution < 1.29 is 9.53 Å². The molecule has 0 saturated heterocycles. The molecule has 3 aromatic rings. The van der Waals surface area contributed by atoms with Gasteiger partial charge in [-0.2, -0.15) is 10.4 Å². The van der Waals surface area contributed by atoms with Crippen LogP contribution >= 0.6 is 11.6 Å². The molecule has 0 aliphatic carbocycles. The Balaban J connectivity index is 1.76. The maximum absolute atomic E-state index is 12.5. The molecule has 0 aliphatic rings. The molecular formula is C21H18ClN3O2. The van der Waals surface area contributed by atoms with Crippen LogP contribution in [0.1, 0.15) is 38.3 Å². The molecular weight excluding hydrogens is 362 g/mol. The monoisotopic (exact) mass is 379 g/mol. The van der Waals surface area contributed by atoms with Crippen LogP contribution in [0.5, 0.6) is 0 Å². The summed E-state index contributed by atoms with van der Waals surface area (Å²) in [6.45, 7) is 4.21. The molecule has 0 amide bonds. The zero-order chi connectivity index (χ0) is 19.4. The van der Waals surface area contributed by atoms with Gasteiger partial charge in [-0.15, -0.1) is 0 Å². The van der Waals surface area contributed by atoms with Crippen molar-refractivity contribution in [2.45, 2.75) is 27.0 Å². The van der Waals surface area contributed by atoms with E-state index in [1.807, 2.05) is 31.2 Å². The Kier molecular flexibility index (Phi) is 5.58. The van der Waals surface area contributed by atoms with Crippen LogP contribution in [0.2, 0.25) is 5.15 Å². The highest BCUT2D eigenvalue weighted by atomic mass is 35.5. The number of benzene rings is 2. The van der Waals surface area contributed by atoms with E-state index in [1.165, 1.54) is 5.56 Å². The van der Waals surface area contributed by atoms with Gasteiger partial charge < -0.3 is 4.74 Å². The molecule has 2 aromatic carbocycles. The summed E-state index contributed by atoms with van der Waals surface area (Å²) < 4.78 is 6.95. The van der Waals surface area contributed by atoms with Crippen LogP contribution in [0.25, 0.3) is 0 Å². The van der Waals surface area contributed by atoms with Crippen molar-refractivity contribution in [2.24, 2.45) is 0 Å². The second-order valence-corrected chi connectivity index (χ2v) is 6.60. The number of hydrogen-bond acceptors (Lipinski definition) is 4. The van der Waals surface area contributed by atoms with Crippen molar-refractivity contribution >= 4 is 17.6 Å². The fourth-order valence-corrected chi connectivity index (χ4v) is 3.04. The molecule has 27 heavy (non-hydrogen) atoms. The van der Waals surface area contributed by atoms with Gasteiger partial charge in [0.1, 0.15) is 17.3 Å². The quantitative estimate of drug-likeness (QED) is 0.615. The molecule has 0 fully saturated rings. The fourth-order valence-electron chi connectivity index (χ4n) is 2.73. The third kappa shape index (κ3) is 4.18. The summed E-state index contributed by atoms with van der Waals surface area (Å²) in [6, 6.07) is 17.1. The van der Waals surface area contributed by atoms with Crippen molar-refractivity contribution in [3.63, 3.8) is 0 Å². The van der Waals surface area contributed by atoms with Crippen LogP contribution in [0, 0.1) is 25.2 Å². The van der Waals surface area contributed by atoms with E-state index in [-0.39, 0.29) is 17.3 Å². The summed E-state index contributed by atoms with van der Waals surface area (Å²) in [6.07, 6.45) is 0. The summed E-state index contributed by atoms with van der Waals surface area (Å²) in [5.74, 6) is -0.555. The number of rotatable bonds is 5. The Hall–Kier alpha value is -3.10. The van der Waals surface area contributed by atoms with Gasteiger partial charge in [0.2, 0.25) is 0 Å². The highest BCUT2D eigenvalue weighted by Gasteiger charge is 2.22. The minimum Gasteiger partial charge on any atom is -0.457 e. The average Bonchev–Trinajstić information content (AvgIpc) is 2.95. The number of aryl methyl sites for hydroxylation is 2. The van der Waals surface area contributed by atoms with Gasteiger partial charge in [0, 0.05) is 5.56 Å². The van der Waals surface area contributed by atoms with Crippen molar-refractivity contribution in [2.75, 3.05) is 0 Å². The first-order valence-corrected chi connectivity index (χ1v) is 8.81. The Bertz CT molecular complexity index is 1020. The number of aromatic nitrogens is 2. The number of hydrogen-bond donors (Lipinski definition) is 0. The van der Waals surface area contributed by atoms with Crippen molar-refractivity contribution in [3.05, 3.63) is 87.2 Å². The number of carbonyl (C=O) groups is 1. The van der Waals surface area contributed by atoms with Gasteiger partial charge in [0.15, 0.2) is 0 Å². The van der Waals surface area contributed by atoms with Gasteiger partial charge in [-0.3, -0.25) is 0 Å². The molecule has 0 spiro atoms. The summed E-state index contributed by atoms with van der Waals surface area (Å²) in [4.78, 5) is 12.5. The lowest BCUT2D eigenvalue weighted by Gasteiger charge is -2.07. The molecule has 1 aromatic heterocycles. The van der Waals surface area contributed by atoms with E-state index < -0.39 is 5.97 Å². The van der Waals surface area contributed by atoms with Gasteiger partial charge in [-0.25, -0.2) is 9.48 Å². The summed E-state index contributed by atoms with van der Waals surface area (Å²) in [5.41, 5.74) is 4.08. The lowest BCUT2D eigenvalue weighted by Crippen LogP contribution is -2.08. The number of ether oxygens (including phenoxy) is 1. The Morgan fingerprint density at radius 1 is 1.19 bits per heavy atom. The standard InChI is InChI=1S/C21H18ClN3O2/c1-14-7-9-16(10-8-14)12-25-20(22)19(15(2)24-25)21(26)27-13-18-6-4-3-5-17(18)11-23/h3-10H,12-13H2,1-2H3. The van der Waals surface area contributed by atoms with Crippen molar-refractivity contribution in [1.82, 2.24) is 9.78 Å². The molecule has 0 aliphatic heterocycles. The van der Waals surface area contributed by atoms with E-state index in [4.69, 9.17) is 21.6 Å². The minimum atomic E-state index is -0.555. The molecule has 0 atom stereocenters. The van der Waals surface area contributed by atoms with Gasteiger partial charge in [0.05, 0.1) is 23.9 Å². The molecule has 0 bridgehead atoms. The van der Waals surface area contributed by atoms with Crippen LogP contribution in [-0.4, -0.2) is 15.7 Å². The summed E-state index contributed by atoms with van der Waals surface area (Å²) in [7, 11) is 0. The van der Waals surface area contributed by atoms with E-state index in [0.29, 0.717) is 23.4 Å². The Morgan fingerprint density at radius 2 is 1.89 bits per heavy atom. The molecule has 1 heterocycles. The molecule has 3 rings (SSSR count). The number of nitriles is 1. The smallest absolute Gasteiger partial charge is 0.343 e. The van der Waals surface area contributed by atoms with Crippen molar-refractivity contribution in [3.8, 4) is 6.07 Å². The highest BCUT2D eigenvalue weighted by Crippen LogP contribution is 2.23. The largest absolute Gasteiger partial charge is 0.457 e. The molecule has 0 unspecified atom stereocenters. The topological polar surface area (TPSA) is 67.9 Å². The van der Waals surface area contributed by atoms with Crippen LogP contribution < -0.4 is 0 Å². The van der Waals surface area contributed by atoms with Crippen LogP contribution in [0.4, 0.5) is 0 Å². The minimum absolute atomic E-state index is 0.00147. The number of nitrogens with zero attached hydrogens (tertiary/aromatic N) is 3. The molecule has 6 heteroatoms. The number of carbonyl (C=O) groups excluding carboxylic acids is 1. The zero-order valence-electron chi connectivity index (χ0n) is 15.1. The van der Waals surface area contributed by atoms with E-state index >= 15 is 0 Å². The van der Waals surface area contributed by atoms with Crippen molar-refractivity contribution in [1.29, 1.82) is 5.26 Å². The van der Waals surface area contributed by atoms with Crippen LogP contribution in [-0.2, 0) is 17.9 Å². The van der Waals surface area contributed by atoms with Crippen LogP contribution in [0.3, 0.4) is 0 Å². The first kappa shape index (κ1) is 18.7. The molecule has 5 nitrogen and oxygen atoms in total. The second kappa shape index (κ2) is 8.07. The lowest BCUT2D eigenvalue weighted by atomic mass is 10.1. The zero-order valence-corrected chi connectivity index (χ0v) is 15.8. The Labute approximate surface area is 162 Å². The first-order valence-electron chi connectivity index (χ1n) is 8.43. The third-order valence-electron chi connectivity index (χ3n) is 4.22. The lowest BCUT2D eigenvalue weighted by molar-refractivity contribution is 0.0471. The molecule has 0 N–H and O–H groups in total. The number of esters is 1. The maximum atomic E-state index is 12.5. The number of halogens is 1. The Morgan fingerprint density at radius 3 is 2.59 bits per heavy atom. The first-order chi connectivity index (χ1) is 13.0. The molecule has 0 radical (unpaired) electrons. The maximum Gasteiger partial charge on any atom is 0.343 e. The normalized spacial score (nSPS) is 10.4. The predicted octanol–water partition coefficient (Wildman–Crippen LogP) is 4.43. The molecule has 0 saturated carbocycles. The van der Waals surface area contributed by atoms with Gasteiger partial charge in [-0.05, 0) is 25.5 Å². The van der Waals surface area contributed by atoms with Gasteiger partial charge >= 0.3 is 5.97 Å². The van der Waals surface area contributed by atoms with E-state index in [9.17, 15) is 4.79 Å². The fraction of sp³-hybridized carbons (Fsp3) is 0.190. The van der Waals surface area contributed by atoms with Gasteiger partial charge in [0.25, 0.3) is 0 Å². The van der Waals surface area contributed by atoms with E-state index in [1.54, 1.807) is 35.9 Å². The summed E-state index contributed by atoms with van der Waals surface area (Å²) in [5, 5.41) is 13.7. The predicted molar refractivity (Wildman–Crippen MR) is 103 cm³/mol. The highest BCUT2D eigenvalue weighted by molar-refractivity contribution is 6.32. The third-order valence-corrected chi connectivity index (χ3v) is 4.60. The van der Waals surface area contributed by atoms with E-state index in [0.717, 1.165) is 5.56 Å². The molecule has 136 valence electrons. The summed E-state index contributed by atoms with van der Waals surface area (Å²) >= 11 is 6.39. The second-order valence-electron chi connectivity index (χ2n) is 6.24. The average molecular weight is 380 g/mol. The SMILES string of the molecule is Cc1ccc(Cn2nc(C)c(C(=O)OCc3ccccc3C#N)c2Cl)cc1.